The summed E-state index contributed by atoms with van der Waals surface area (Å²) in [5, 5.41) is 11.2. The Kier molecular flexibility index (Phi) is 10.2. The summed E-state index contributed by atoms with van der Waals surface area (Å²) in [6, 6.07) is 6.89. The number of hydrogen-bond donors (Lipinski definition) is 2. The van der Waals surface area contributed by atoms with E-state index in [2.05, 4.69) is 27.6 Å². The molecule has 1 aliphatic heterocycles. The van der Waals surface area contributed by atoms with Crippen molar-refractivity contribution in [2.24, 2.45) is 12.0 Å². The minimum absolute atomic E-state index is 0. The van der Waals surface area contributed by atoms with E-state index >= 15 is 0 Å². The lowest BCUT2D eigenvalue weighted by atomic mass is 10.0. The van der Waals surface area contributed by atoms with Crippen molar-refractivity contribution in [1.29, 1.82) is 0 Å². The fourth-order valence-electron chi connectivity index (χ4n) is 3.80. The number of guanidine groups is 1. The maximum Gasteiger partial charge on any atom is 0.191 e. The number of nitrogens with zero attached hydrogens (tertiary/aromatic N) is 4. The summed E-state index contributed by atoms with van der Waals surface area (Å²) in [5.74, 6) is 0.531. The van der Waals surface area contributed by atoms with Crippen molar-refractivity contribution < 1.29 is 9.13 Å². The maximum atomic E-state index is 13.9. The van der Waals surface area contributed by atoms with Crippen LogP contribution in [0.15, 0.2) is 29.3 Å². The van der Waals surface area contributed by atoms with Gasteiger partial charge in [-0.2, -0.15) is 5.10 Å². The van der Waals surface area contributed by atoms with Gasteiger partial charge in [0, 0.05) is 44.5 Å². The summed E-state index contributed by atoms with van der Waals surface area (Å²) >= 11 is 0. The third-order valence-electron chi connectivity index (χ3n) is 5.58. The lowest BCUT2D eigenvalue weighted by Gasteiger charge is -2.35. The highest BCUT2D eigenvalue weighted by atomic mass is 127. The summed E-state index contributed by atoms with van der Waals surface area (Å²) in [6.45, 7) is 11.1. The minimum atomic E-state index is -0.214. The van der Waals surface area contributed by atoms with Gasteiger partial charge in [-0.15, -0.1) is 24.0 Å². The van der Waals surface area contributed by atoms with E-state index in [0.29, 0.717) is 26.3 Å². The smallest absolute Gasteiger partial charge is 0.191 e. The quantitative estimate of drug-likeness (QED) is 0.319. The highest BCUT2D eigenvalue weighted by molar-refractivity contribution is 14.0. The van der Waals surface area contributed by atoms with Gasteiger partial charge in [-0.1, -0.05) is 12.1 Å². The highest BCUT2D eigenvalue weighted by Gasteiger charge is 2.23. The third-order valence-corrected chi connectivity index (χ3v) is 5.58. The minimum Gasteiger partial charge on any atom is -0.379 e. The number of hydrogen-bond acceptors (Lipinski definition) is 4. The molecule has 0 aliphatic carbocycles. The first-order valence-electron chi connectivity index (χ1n) is 10.6. The molecule has 2 N–H and O–H groups in total. The van der Waals surface area contributed by atoms with E-state index < -0.39 is 0 Å². The van der Waals surface area contributed by atoms with Crippen LogP contribution in [0.25, 0.3) is 0 Å². The molecular formula is C22H34FIN6O. The number of aromatic nitrogens is 2. The van der Waals surface area contributed by atoms with Crippen molar-refractivity contribution >= 4 is 29.9 Å². The second kappa shape index (κ2) is 12.4. The topological polar surface area (TPSA) is 66.7 Å². The zero-order valence-electron chi connectivity index (χ0n) is 18.8. The molecule has 0 radical (unpaired) electrons. The van der Waals surface area contributed by atoms with Crippen LogP contribution in [-0.4, -0.2) is 60.0 Å². The van der Waals surface area contributed by atoms with Crippen LogP contribution in [0.5, 0.6) is 0 Å². The number of ether oxygens (including phenoxy) is 1. The summed E-state index contributed by atoms with van der Waals surface area (Å²) in [6.07, 6.45) is 0. The first kappa shape index (κ1) is 25.5. The highest BCUT2D eigenvalue weighted by Crippen LogP contribution is 2.22. The van der Waals surface area contributed by atoms with Gasteiger partial charge in [0.2, 0.25) is 0 Å². The molecule has 7 nitrogen and oxygen atoms in total. The Morgan fingerprint density at radius 2 is 2.00 bits per heavy atom. The Morgan fingerprint density at radius 3 is 2.61 bits per heavy atom. The monoisotopic (exact) mass is 544 g/mol. The fraction of sp³-hybridized carbons (Fsp3) is 0.545. The Hall–Kier alpha value is -1.72. The fourth-order valence-corrected chi connectivity index (χ4v) is 3.80. The summed E-state index contributed by atoms with van der Waals surface area (Å²) in [5.41, 5.74) is 4.22. The van der Waals surface area contributed by atoms with Crippen LogP contribution in [-0.2, 0) is 18.3 Å². The van der Waals surface area contributed by atoms with Gasteiger partial charge in [0.05, 0.1) is 31.5 Å². The molecule has 1 unspecified atom stereocenters. The second-order valence-electron chi connectivity index (χ2n) is 7.57. The summed E-state index contributed by atoms with van der Waals surface area (Å²) in [4.78, 5) is 7.11. The molecule has 31 heavy (non-hydrogen) atoms. The summed E-state index contributed by atoms with van der Waals surface area (Å²) < 4.78 is 21.3. The van der Waals surface area contributed by atoms with Gasteiger partial charge in [0.25, 0.3) is 0 Å². The van der Waals surface area contributed by atoms with E-state index in [9.17, 15) is 4.39 Å². The van der Waals surface area contributed by atoms with Crippen LogP contribution in [0, 0.1) is 19.7 Å². The van der Waals surface area contributed by atoms with Crippen molar-refractivity contribution in [3.8, 4) is 0 Å². The van der Waals surface area contributed by atoms with Gasteiger partial charge in [0.15, 0.2) is 5.96 Å². The molecule has 1 fully saturated rings. The van der Waals surface area contributed by atoms with E-state index in [4.69, 9.17) is 9.73 Å². The molecule has 1 aromatic heterocycles. The molecule has 1 aliphatic rings. The Bertz CT molecular complexity index is 866. The van der Waals surface area contributed by atoms with Gasteiger partial charge < -0.3 is 15.4 Å². The maximum absolute atomic E-state index is 13.9. The molecule has 3 rings (SSSR count). The molecule has 172 valence electrons. The van der Waals surface area contributed by atoms with Crippen LogP contribution in [0.2, 0.25) is 0 Å². The average molecular weight is 544 g/mol. The van der Waals surface area contributed by atoms with Crippen molar-refractivity contribution in [2.75, 3.05) is 39.4 Å². The van der Waals surface area contributed by atoms with Crippen LogP contribution in [0.4, 0.5) is 4.39 Å². The first-order chi connectivity index (χ1) is 14.5. The predicted molar refractivity (Wildman–Crippen MR) is 132 cm³/mol. The van der Waals surface area contributed by atoms with E-state index in [0.717, 1.165) is 48.1 Å². The third kappa shape index (κ3) is 6.88. The molecular weight excluding hydrogens is 510 g/mol. The Labute approximate surface area is 201 Å². The molecule has 9 heteroatoms. The molecule has 0 amide bonds. The van der Waals surface area contributed by atoms with Gasteiger partial charge in [-0.25, -0.2) is 9.38 Å². The van der Waals surface area contributed by atoms with Crippen molar-refractivity contribution in [3.63, 3.8) is 0 Å². The number of aliphatic imine (C=N–C) groups is 1. The summed E-state index contributed by atoms with van der Waals surface area (Å²) in [7, 11) is 1.95. The van der Waals surface area contributed by atoms with Gasteiger partial charge >= 0.3 is 0 Å². The standard InChI is InChI=1S/C22H33FN6O.HI/c1-5-24-22(25-14-20-16(2)27-28(4)17(20)3)26-15-21(29-9-11-30-12-10-29)18-7-6-8-19(23)13-18;/h6-8,13,21H,5,9-12,14-15H2,1-4H3,(H2,24,25,26);1H. The largest absolute Gasteiger partial charge is 0.379 e. The van der Waals surface area contributed by atoms with Crippen molar-refractivity contribution in [2.45, 2.75) is 33.4 Å². The van der Waals surface area contributed by atoms with Gasteiger partial charge in [-0.3, -0.25) is 9.58 Å². The molecule has 0 bridgehead atoms. The Morgan fingerprint density at radius 1 is 1.26 bits per heavy atom. The molecule has 2 heterocycles. The molecule has 0 spiro atoms. The number of benzene rings is 1. The average Bonchev–Trinajstić information content (AvgIpc) is 2.98. The first-order valence-corrected chi connectivity index (χ1v) is 10.6. The molecule has 2 aromatic rings. The zero-order valence-corrected chi connectivity index (χ0v) is 21.2. The number of halogens is 2. The molecule has 1 aromatic carbocycles. The van der Waals surface area contributed by atoms with Crippen LogP contribution in [0.1, 0.15) is 35.5 Å². The molecule has 1 atom stereocenters. The second-order valence-corrected chi connectivity index (χ2v) is 7.57. The number of morpholine rings is 1. The predicted octanol–water partition coefficient (Wildman–Crippen LogP) is 2.92. The van der Waals surface area contributed by atoms with E-state index in [-0.39, 0.29) is 35.8 Å². The van der Waals surface area contributed by atoms with Gasteiger partial charge in [-0.05, 0) is 38.5 Å². The number of rotatable bonds is 7. The zero-order chi connectivity index (χ0) is 21.5. The van der Waals surface area contributed by atoms with Crippen molar-refractivity contribution in [1.82, 2.24) is 25.3 Å². The lowest BCUT2D eigenvalue weighted by molar-refractivity contribution is 0.0169. The van der Waals surface area contributed by atoms with Crippen LogP contribution in [0.3, 0.4) is 0 Å². The molecule has 0 saturated carbocycles. The van der Waals surface area contributed by atoms with Gasteiger partial charge in [0.1, 0.15) is 5.82 Å². The van der Waals surface area contributed by atoms with Crippen LogP contribution < -0.4 is 10.6 Å². The molecule has 1 saturated heterocycles. The van der Waals surface area contributed by atoms with E-state index in [1.54, 1.807) is 12.1 Å². The normalized spacial score (nSPS) is 16.0. The Balaban J connectivity index is 0.00000341. The number of nitrogens with one attached hydrogen (secondary N) is 2. The van der Waals surface area contributed by atoms with E-state index in [1.807, 2.05) is 31.6 Å². The van der Waals surface area contributed by atoms with Crippen LogP contribution >= 0.6 is 24.0 Å². The SMILES string of the molecule is CCNC(=NCc1c(C)nn(C)c1C)NCC(c1cccc(F)c1)N1CCOCC1.I. The lowest BCUT2D eigenvalue weighted by Crippen LogP contribution is -2.46. The van der Waals surface area contributed by atoms with E-state index in [1.165, 1.54) is 6.07 Å². The number of aryl methyl sites for hydroxylation is 2. The van der Waals surface area contributed by atoms with Crippen molar-refractivity contribution in [3.05, 3.63) is 52.6 Å².